The molecule has 0 saturated heterocycles. The highest BCUT2D eigenvalue weighted by Crippen LogP contribution is 2.28. The third kappa shape index (κ3) is 5.75. The number of hydrogen-bond donors (Lipinski definition) is 3. The van der Waals surface area contributed by atoms with Gasteiger partial charge in [0.25, 0.3) is 5.91 Å². The Bertz CT molecular complexity index is 1020. The summed E-state index contributed by atoms with van der Waals surface area (Å²) in [6, 6.07) is 21.1. The molecule has 0 radical (unpaired) electrons. The van der Waals surface area contributed by atoms with E-state index in [1.54, 1.807) is 42.5 Å². The molecule has 154 valence electrons. The van der Waals surface area contributed by atoms with E-state index >= 15 is 0 Å². The summed E-state index contributed by atoms with van der Waals surface area (Å²) >= 11 is 0. The first-order valence-corrected chi connectivity index (χ1v) is 9.27. The maximum Gasteiger partial charge on any atom is 0.335 e. The number of carboxylic acid groups (broad SMARTS) is 1. The molecule has 0 spiro atoms. The second-order valence-electron chi connectivity index (χ2n) is 6.43. The van der Waals surface area contributed by atoms with Crippen molar-refractivity contribution in [1.82, 2.24) is 0 Å². The van der Waals surface area contributed by atoms with Crippen molar-refractivity contribution >= 4 is 23.3 Å². The van der Waals surface area contributed by atoms with Crippen molar-refractivity contribution in [2.24, 2.45) is 0 Å². The fraction of sp³-hybridized carbons (Fsp3) is 0.130. The molecule has 0 fully saturated rings. The summed E-state index contributed by atoms with van der Waals surface area (Å²) in [7, 11) is 1.53. The van der Waals surface area contributed by atoms with Gasteiger partial charge in [0.05, 0.1) is 12.7 Å². The smallest absolute Gasteiger partial charge is 0.335 e. The van der Waals surface area contributed by atoms with E-state index < -0.39 is 5.97 Å². The van der Waals surface area contributed by atoms with Crippen molar-refractivity contribution in [2.45, 2.75) is 6.54 Å². The molecule has 3 rings (SSSR count). The fourth-order valence-corrected chi connectivity index (χ4v) is 2.77. The Hall–Kier alpha value is -4.00. The van der Waals surface area contributed by atoms with Gasteiger partial charge in [-0.1, -0.05) is 30.3 Å². The number of carbonyl (C=O) groups is 2. The topological polar surface area (TPSA) is 96.9 Å². The third-order valence-electron chi connectivity index (χ3n) is 4.25. The van der Waals surface area contributed by atoms with Gasteiger partial charge in [0, 0.05) is 17.9 Å². The number of carboxylic acids is 1. The maximum atomic E-state index is 12.1. The summed E-state index contributed by atoms with van der Waals surface area (Å²) in [5.41, 5.74) is 2.53. The van der Waals surface area contributed by atoms with Crippen molar-refractivity contribution in [2.75, 3.05) is 24.4 Å². The molecule has 3 aromatic carbocycles. The van der Waals surface area contributed by atoms with Crippen LogP contribution >= 0.6 is 0 Å². The molecule has 0 unspecified atom stereocenters. The van der Waals surface area contributed by atoms with Gasteiger partial charge in [-0.2, -0.15) is 0 Å². The van der Waals surface area contributed by atoms with E-state index in [0.29, 0.717) is 29.4 Å². The number of anilines is 2. The average Bonchev–Trinajstić information content (AvgIpc) is 2.77. The van der Waals surface area contributed by atoms with E-state index in [2.05, 4.69) is 10.6 Å². The van der Waals surface area contributed by atoms with Crippen molar-refractivity contribution < 1.29 is 24.2 Å². The van der Waals surface area contributed by atoms with E-state index in [0.717, 1.165) is 5.56 Å². The molecule has 0 aliphatic heterocycles. The van der Waals surface area contributed by atoms with Gasteiger partial charge < -0.3 is 25.2 Å². The number of ether oxygens (including phenoxy) is 2. The number of para-hydroxylation sites is 1. The van der Waals surface area contributed by atoms with Gasteiger partial charge in [-0.15, -0.1) is 0 Å². The van der Waals surface area contributed by atoms with Crippen LogP contribution in [0.4, 0.5) is 11.4 Å². The molecule has 7 nitrogen and oxygen atoms in total. The van der Waals surface area contributed by atoms with Crippen LogP contribution in [0, 0.1) is 0 Å². The van der Waals surface area contributed by atoms with Gasteiger partial charge in [-0.05, 0) is 48.0 Å². The van der Waals surface area contributed by atoms with E-state index in [4.69, 9.17) is 14.6 Å². The molecular weight excluding hydrogens is 384 g/mol. The fourth-order valence-electron chi connectivity index (χ4n) is 2.77. The predicted molar refractivity (Wildman–Crippen MR) is 114 cm³/mol. The molecule has 1 amide bonds. The van der Waals surface area contributed by atoms with Crippen molar-refractivity contribution in [3.8, 4) is 11.5 Å². The SMILES string of the molecule is COc1cc(CNc2cccc(C(=O)O)c2)ccc1OCC(=O)Nc1ccccc1. The zero-order valence-corrected chi connectivity index (χ0v) is 16.4. The first kappa shape index (κ1) is 20.7. The quantitative estimate of drug-likeness (QED) is 0.497. The van der Waals surface area contributed by atoms with Gasteiger partial charge in [-0.3, -0.25) is 4.79 Å². The van der Waals surface area contributed by atoms with Gasteiger partial charge in [0.2, 0.25) is 0 Å². The van der Waals surface area contributed by atoms with E-state index in [1.165, 1.54) is 13.2 Å². The molecule has 3 N–H and O–H groups in total. The first-order chi connectivity index (χ1) is 14.5. The molecule has 0 heterocycles. The van der Waals surface area contributed by atoms with E-state index in [-0.39, 0.29) is 18.1 Å². The second kappa shape index (κ2) is 9.97. The Labute approximate surface area is 174 Å². The Morgan fingerprint density at radius 3 is 2.40 bits per heavy atom. The number of hydrogen-bond acceptors (Lipinski definition) is 5. The molecule has 0 aromatic heterocycles. The number of rotatable bonds is 9. The molecule has 3 aromatic rings. The van der Waals surface area contributed by atoms with Crippen LogP contribution < -0.4 is 20.1 Å². The highest BCUT2D eigenvalue weighted by atomic mass is 16.5. The lowest BCUT2D eigenvalue weighted by molar-refractivity contribution is -0.118. The molecular formula is C23H22N2O5. The monoisotopic (exact) mass is 406 g/mol. The number of nitrogens with one attached hydrogen (secondary N) is 2. The Morgan fingerprint density at radius 1 is 0.900 bits per heavy atom. The van der Waals surface area contributed by atoms with Gasteiger partial charge in [0.15, 0.2) is 18.1 Å². The largest absolute Gasteiger partial charge is 0.493 e. The van der Waals surface area contributed by atoms with E-state index in [9.17, 15) is 9.59 Å². The Balaban J connectivity index is 1.58. The van der Waals surface area contributed by atoms with Gasteiger partial charge in [-0.25, -0.2) is 4.79 Å². The molecule has 0 aliphatic carbocycles. The van der Waals surface area contributed by atoms with Crippen molar-refractivity contribution in [3.05, 3.63) is 83.9 Å². The predicted octanol–water partition coefficient (Wildman–Crippen LogP) is 4.02. The second-order valence-corrected chi connectivity index (χ2v) is 6.43. The van der Waals surface area contributed by atoms with Crippen molar-refractivity contribution in [3.63, 3.8) is 0 Å². The summed E-state index contributed by atoms with van der Waals surface area (Å²) in [5.74, 6) is -0.288. The van der Waals surface area contributed by atoms with Crippen LogP contribution in [0.15, 0.2) is 72.8 Å². The molecule has 30 heavy (non-hydrogen) atoms. The number of carbonyl (C=O) groups excluding carboxylic acids is 1. The van der Waals surface area contributed by atoms with Crippen LogP contribution in [-0.2, 0) is 11.3 Å². The zero-order chi connectivity index (χ0) is 21.3. The summed E-state index contributed by atoms with van der Waals surface area (Å²) in [6.07, 6.45) is 0. The number of amides is 1. The van der Waals surface area contributed by atoms with Crippen LogP contribution in [0.3, 0.4) is 0 Å². The Kier molecular flexibility index (Phi) is 6.89. The highest BCUT2D eigenvalue weighted by Gasteiger charge is 2.10. The summed E-state index contributed by atoms with van der Waals surface area (Å²) in [4.78, 5) is 23.1. The van der Waals surface area contributed by atoms with Crippen LogP contribution in [-0.4, -0.2) is 30.7 Å². The number of benzene rings is 3. The third-order valence-corrected chi connectivity index (χ3v) is 4.25. The standard InChI is InChI=1S/C23H22N2O5/c1-29-21-12-16(14-24-19-9-5-6-17(13-19)23(27)28)10-11-20(21)30-15-22(26)25-18-7-3-2-4-8-18/h2-13,24H,14-15H2,1H3,(H,25,26)(H,27,28). The average molecular weight is 406 g/mol. The number of aromatic carboxylic acids is 1. The molecule has 0 aliphatic rings. The Morgan fingerprint density at radius 2 is 1.67 bits per heavy atom. The minimum atomic E-state index is -0.974. The van der Waals surface area contributed by atoms with E-state index in [1.807, 2.05) is 24.3 Å². The molecule has 0 bridgehead atoms. The maximum absolute atomic E-state index is 12.1. The minimum absolute atomic E-state index is 0.148. The van der Waals surface area contributed by atoms with Gasteiger partial charge >= 0.3 is 5.97 Å². The zero-order valence-electron chi connectivity index (χ0n) is 16.4. The highest BCUT2D eigenvalue weighted by molar-refractivity contribution is 5.91. The lowest BCUT2D eigenvalue weighted by Crippen LogP contribution is -2.20. The van der Waals surface area contributed by atoms with Gasteiger partial charge in [0.1, 0.15) is 0 Å². The number of methoxy groups -OCH3 is 1. The van der Waals surface area contributed by atoms with Crippen LogP contribution in [0.1, 0.15) is 15.9 Å². The van der Waals surface area contributed by atoms with Crippen LogP contribution in [0.5, 0.6) is 11.5 Å². The lowest BCUT2D eigenvalue weighted by atomic mass is 10.1. The molecule has 0 atom stereocenters. The van der Waals surface area contributed by atoms with Crippen LogP contribution in [0.25, 0.3) is 0 Å². The normalized spacial score (nSPS) is 10.2. The molecule has 7 heteroatoms. The van der Waals surface area contributed by atoms with Crippen molar-refractivity contribution in [1.29, 1.82) is 0 Å². The summed E-state index contributed by atoms with van der Waals surface area (Å²) in [5, 5.41) is 15.0. The summed E-state index contributed by atoms with van der Waals surface area (Å²) < 4.78 is 11.0. The lowest BCUT2D eigenvalue weighted by Gasteiger charge is -2.13. The molecule has 0 saturated carbocycles. The first-order valence-electron chi connectivity index (χ1n) is 9.27. The minimum Gasteiger partial charge on any atom is -0.493 e. The summed E-state index contributed by atoms with van der Waals surface area (Å²) in [6.45, 7) is 0.318. The van der Waals surface area contributed by atoms with Crippen LogP contribution in [0.2, 0.25) is 0 Å².